The number of thioether (sulfide) groups is 1. The number of aliphatic hydroxyl groups excluding tert-OH is 2. The van der Waals surface area contributed by atoms with Gasteiger partial charge in [-0.2, -0.15) is 0 Å². The fraction of sp³-hybridized carbons (Fsp3) is 0.769. The molecule has 0 saturated heterocycles. The van der Waals surface area contributed by atoms with Gasteiger partial charge in [-0.3, -0.25) is 14.4 Å². The van der Waals surface area contributed by atoms with Gasteiger partial charge in [-0.25, -0.2) is 0 Å². The fourth-order valence-corrected chi connectivity index (χ4v) is 2.18. The zero-order valence-electron chi connectivity index (χ0n) is 12.8. The maximum absolute atomic E-state index is 11.8. The van der Waals surface area contributed by atoms with Crippen molar-refractivity contribution in [2.45, 2.75) is 39.2 Å². The highest BCUT2D eigenvalue weighted by Gasteiger charge is 2.34. The summed E-state index contributed by atoms with van der Waals surface area (Å²) in [5.74, 6) is -2.13. The molecule has 0 aliphatic heterocycles. The van der Waals surface area contributed by atoms with Crippen molar-refractivity contribution < 1.29 is 24.6 Å². The molecule has 0 bridgehead atoms. The van der Waals surface area contributed by atoms with Gasteiger partial charge in [0.05, 0.1) is 12.0 Å². The van der Waals surface area contributed by atoms with Crippen LogP contribution in [0.1, 0.15) is 27.7 Å². The minimum absolute atomic E-state index is 0.203. The molecule has 0 aliphatic rings. The van der Waals surface area contributed by atoms with Crippen LogP contribution in [0.4, 0.5) is 0 Å². The second kappa shape index (κ2) is 8.47. The Kier molecular flexibility index (Phi) is 8.09. The van der Waals surface area contributed by atoms with Gasteiger partial charge in [0.15, 0.2) is 0 Å². The lowest BCUT2D eigenvalue weighted by molar-refractivity contribution is -0.137. The van der Waals surface area contributed by atoms with Crippen molar-refractivity contribution >= 4 is 28.6 Å². The van der Waals surface area contributed by atoms with Crippen molar-refractivity contribution in [3.8, 4) is 0 Å². The van der Waals surface area contributed by atoms with E-state index in [1.54, 1.807) is 6.92 Å². The number of hydrogen-bond donors (Lipinski definition) is 4. The normalized spacial score (nSPS) is 16.0. The van der Waals surface area contributed by atoms with Crippen LogP contribution in [0.25, 0.3) is 0 Å². The summed E-state index contributed by atoms with van der Waals surface area (Å²) in [5.41, 5.74) is 4.47. The number of carbonyl (C=O) groups excluding carboxylic acids is 3. The number of nitrogens with one attached hydrogen (secondary N) is 1. The van der Waals surface area contributed by atoms with Gasteiger partial charge in [0.2, 0.25) is 11.0 Å². The van der Waals surface area contributed by atoms with E-state index in [4.69, 9.17) is 10.8 Å². The van der Waals surface area contributed by atoms with Crippen molar-refractivity contribution in [2.75, 3.05) is 13.2 Å². The molecule has 21 heavy (non-hydrogen) atoms. The number of amides is 1. The molecule has 0 spiro atoms. The number of ketones is 1. The van der Waals surface area contributed by atoms with Gasteiger partial charge < -0.3 is 21.3 Å². The fourth-order valence-electron chi connectivity index (χ4n) is 1.40. The lowest BCUT2D eigenvalue weighted by Crippen LogP contribution is -2.47. The quantitative estimate of drug-likeness (QED) is 0.342. The smallest absolute Gasteiger partial charge is 0.249 e. The molecule has 8 heteroatoms. The molecular formula is C13H24N2O5S. The van der Waals surface area contributed by atoms with Gasteiger partial charge in [0.1, 0.15) is 17.8 Å². The molecule has 0 fully saturated rings. The topological polar surface area (TPSA) is 130 Å². The number of Topliss-reactive ketones (excluding diaryl/α,β-unsaturated/α-hetero) is 1. The van der Waals surface area contributed by atoms with E-state index in [-0.39, 0.29) is 18.9 Å². The molecule has 2 unspecified atom stereocenters. The van der Waals surface area contributed by atoms with Gasteiger partial charge >= 0.3 is 0 Å². The Morgan fingerprint density at radius 1 is 1.33 bits per heavy atom. The minimum atomic E-state index is -1.44. The molecular weight excluding hydrogens is 296 g/mol. The highest BCUT2D eigenvalue weighted by molar-refractivity contribution is 8.14. The van der Waals surface area contributed by atoms with Gasteiger partial charge in [0.25, 0.3) is 0 Å². The maximum atomic E-state index is 11.8. The second-order valence-electron chi connectivity index (χ2n) is 5.60. The van der Waals surface area contributed by atoms with Crippen molar-refractivity contribution in [1.82, 2.24) is 5.32 Å². The van der Waals surface area contributed by atoms with Crippen LogP contribution < -0.4 is 11.1 Å². The Morgan fingerprint density at radius 3 is 2.24 bits per heavy atom. The number of rotatable bonds is 8. The van der Waals surface area contributed by atoms with Crippen LogP contribution in [0, 0.1) is 11.3 Å². The molecule has 0 radical (unpaired) electrons. The first kappa shape index (κ1) is 20.0. The summed E-state index contributed by atoms with van der Waals surface area (Å²) in [6.07, 6.45) is -1.44. The SMILES string of the molecule is CC(=O)C(CNC(=O)[C@H](O)C(C)(C)CO)C(=O)SC(C)N. The van der Waals surface area contributed by atoms with Crippen LogP contribution >= 0.6 is 11.8 Å². The first-order valence-electron chi connectivity index (χ1n) is 6.56. The third kappa shape index (κ3) is 6.56. The van der Waals surface area contributed by atoms with Crippen LogP contribution in [0.5, 0.6) is 0 Å². The Labute approximate surface area is 128 Å². The van der Waals surface area contributed by atoms with Crippen LogP contribution in [-0.4, -0.2) is 51.6 Å². The van der Waals surface area contributed by atoms with Crippen LogP contribution in [-0.2, 0) is 14.4 Å². The van der Waals surface area contributed by atoms with E-state index in [0.717, 1.165) is 11.8 Å². The second-order valence-corrected chi connectivity index (χ2v) is 6.98. The molecule has 1 amide bonds. The predicted molar refractivity (Wildman–Crippen MR) is 80.3 cm³/mol. The molecule has 122 valence electrons. The largest absolute Gasteiger partial charge is 0.396 e. The molecule has 0 saturated carbocycles. The van der Waals surface area contributed by atoms with Crippen LogP contribution in [0.2, 0.25) is 0 Å². The van der Waals surface area contributed by atoms with Crippen molar-refractivity contribution in [1.29, 1.82) is 0 Å². The lowest BCUT2D eigenvalue weighted by atomic mass is 9.87. The van der Waals surface area contributed by atoms with Crippen molar-refractivity contribution in [3.63, 3.8) is 0 Å². The van der Waals surface area contributed by atoms with E-state index in [1.807, 2.05) is 0 Å². The Balaban J connectivity index is 4.67. The Bertz CT molecular complexity index is 398. The third-order valence-corrected chi connectivity index (χ3v) is 3.84. The van der Waals surface area contributed by atoms with Gasteiger partial charge in [0, 0.05) is 12.0 Å². The average Bonchev–Trinajstić information content (AvgIpc) is 2.36. The minimum Gasteiger partial charge on any atom is -0.396 e. The standard InChI is InChI=1S/C13H24N2O5S/c1-7(17)9(12(20)21-8(2)14)5-15-11(19)10(18)13(3,4)6-16/h8-10,16,18H,5-6,14H2,1-4H3,(H,15,19)/t8?,9?,10-/m0/s1. The number of carbonyl (C=O) groups is 3. The van der Waals surface area contributed by atoms with Crippen LogP contribution in [0.15, 0.2) is 0 Å². The van der Waals surface area contributed by atoms with E-state index in [1.165, 1.54) is 20.8 Å². The van der Waals surface area contributed by atoms with Crippen molar-refractivity contribution in [2.24, 2.45) is 17.1 Å². The first-order chi connectivity index (χ1) is 9.52. The van der Waals surface area contributed by atoms with Gasteiger partial charge in [-0.15, -0.1) is 0 Å². The number of nitrogens with two attached hydrogens (primary N) is 1. The molecule has 0 aliphatic carbocycles. The molecule has 0 aromatic carbocycles. The van der Waals surface area contributed by atoms with E-state index in [9.17, 15) is 19.5 Å². The molecule has 7 nitrogen and oxygen atoms in total. The highest BCUT2D eigenvalue weighted by atomic mass is 32.2. The monoisotopic (exact) mass is 320 g/mol. The molecule has 0 rings (SSSR count). The predicted octanol–water partition coefficient (Wildman–Crippen LogP) is -0.748. The summed E-state index contributed by atoms with van der Waals surface area (Å²) in [6.45, 7) is 5.34. The van der Waals surface area contributed by atoms with Gasteiger partial charge in [-0.1, -0.05) is 25.6 Å². The van der Waals surface area contributed by atoms with E-state index >= 15 is 0 Å². The van der Waals surface area contributed by atoms with Crippen LogP contribution in [0.3, 0.4) is 0 Å². The van der Waals surface area contributed by atoms with E-state index < -0.39 is 33.8 Å². The average molecular weight is 320 g/mol. The summed E-state index contributed by atoms with van der Waals surface area (Å²) < 4.78 is 0. The summed E-state index contributed by atoms with van der Waals surface area (Å²) in [6, 6.07) is 0. The summed E-state index contributed by atoms with van der Waals surface area (Å²) in [4.78, 5) is 35.1. The van der Waals surface area contributed by atoms with Crippen molar-refractivity contribution in [3.05, 3.63) is 0 Å². The third-order valence-electron chi connectivity index (χ3n) is 2.95. The number of aliphatic hydroxyl groups is 2. The molecule has 3 atom stereocenters. The van der Waals surface area contributed by atoms with E-state index in [2.05, 4.69) is 5.32 Å². The zero-order chi connectivity index (χ0) is 16.8. The summed E-state index contributed by atoms with van der Waals surface area (Å²) in [7, 11) is 0. The highest BCUT2D eigenvalue weighted by Crippen LogP contribution is 2.20. The van der Waals surface area contributed by atoms with E-state index in [0.29, 0.717) is 0 Å². The summed E-state index contributed by atoms with van der Waals surface area (Å²) >= 11 is 0.825. The maximum Gasteiger partial charge on any atom is 0.249 e. The number of hydrogen-bond acceptors (Lipinski definition) is 7. The Morgan fingerprint density at radius 2 is 1.86 bits per heavy atom. The lowest BCUT2D eigenvalue weighted by Gasteiger charge is -2.27. The molecule has 0 aromatic heterocycles. The first-order valence-corrected chi connectivity index (χ1v) is 7.44. The summed E-state index contributed by atoms with van der Waals surface area (Å²) in [5, 5.41) is 20.4. The molecule has 5 N–H and O–H groups in total. The molecule has 0 aromatic rings. The zero-order valence-corrected chi connectivity index (χ0v) is 13.6. The van der Waals surface area contributed by atoms with Gasteiger partial charge in [-0.05, 0) is 13.8 Å². The Hall–Kier alpha value is -0.960. The molecule has 0 heterocycles.